The van der Waals surface area contributed by atoms with Crippen LogP contribution in [0.25, 0.3) is 10.9 Å². The van der Waals surface area contributed by atoms with Gasteiger partial charge in [0.25, 0.3) is 0 Å². The van der Waals surface area contributed by atoms with E-state index in [0.29, 0.717) is 24.7 Å². The van der Waals surface area contributed by atoms with Gasteiger partial charge in [0.15, 0.2) is 0 Å². The number of para-hydroxylation sites is 1. The van der Waals surface area contributed by atoms with Crippen LogP contribution in [0.15, 0.2) is 24.3 Å². The molecule has 21 heavy (non-hydrogen) atoms. The number of halogens is 1. The number of carbonyl (C=O) groups is 1. The molecule has 2 heterocycles. The summed E-state index contributed by atoms with van der Waals surface area (Å²) in [5, 5.41) is 4.44. The highest BCUT2D eigenvalue weighted by Gasteiger charge is 2.21. The van der Waals surface area contributed by atoms with Crippen molar-refractivity contribution in [1.82, 2.24) is 10.3 Å². The number of amides is 1. The molecule has 0 radical (unpaired) electrons. The lowest BCUT2D eigenvalue weighted by molar-refractivity contribution is -0.120. The van der Waals surface area contributed by atoms with Crippen molar-refractivity contribution in [1.29, 1.82) is 0 Å². The maximum Gasteiger partial charge on any atom is 0.239 e. The van der Waals surface area contributed by atoms with E-state index in [1.807, 2.05) is 23.1 Å². The summed E-state index contributed by atoms with van der Waals surface area (Å²) in [6, 6.07) is 7.79. The van der Waals surface area contributed by atoms with Crippen molar-refractivity contribution in [2.24, 2.45) is 5.73 Å². The third kappa shape index (κ3) is 2.80. The largest absolute Gasteiger partial charge is 0.353 e. The molecule has 6 heteroatoms. The highest BCUT2D eigenvalue weighted by molar-refractivity contribution is 6.35. The van der Waals surface area contributed by atoms with Gasteiger partial charge in [-0.05, 0) is 30.7 Å². The lowest BCUT2D eigenvalue weighted by Gasteiger charge is -2.29. The third-order valence-electron chi connectivity index (χ3n) is 3.60. The number of nitrogens with zero attached hydrogens (tertiary/aromatic N) is 2. The van der Waals surface area contributed by atoms with E-state index in [4.69, 9.17) is 22.3 Å². The Kier molecular flexibility index (Phi) is 3.94. The smallest absolute Gasteiger partial charge is 0.239 e. The van der Waals surface area contributed by atoms with Gasteiger partial charge in [-0.25, -0.2) is 4.98 Å². The molecule has 5 nitrogen and oxygen atoms in total. The Bertz CT molecular complexity index is 689. The lowest BCUT2D eigenvalue weighted by Crippen LogP contribution is -2.48. The summed E-state index contributed by atoms with van der Waals surface area (Å²) >= 11 is 6.24. The summed E-state index contributed by atoms with van der Waals surface area (Å²) in [5.74, 6) is 0.830. The molecule has 1 aliphatic heterocycles. The number of aromatic nitrogens is 1. The van der Waals surface area contributed by atoms with Gasteiger partial charge >= 0.3 is 0 Å². The molecule has 0 bridgehead atoms. The summed E-state index contributed by atoms with van der Waals surface area (Å²) in [6.45, 7) is 2.23. The van der Waals surface area contributed by atoms with Crippen LogP contribution in [0.1, 0.15) is 5.56 Å². The Morgan fingerprint density at radius 2 is 2.29 bits per heavy atom. The van der Waals surface area contributed by atoms with Crippen LogP contribution in [-0.4, -0.2) is 37.1 Å². The molecule has 0 saturated carbocycles. The Labute approximate surface area is 128 Å². The second-order valence-electron chi connectivity index (χ2n) is 5.09. The molecule has 1 saturated heterocycles. The number of fused-ring (bicyclic) bond motifs is 1. The van der Waals surface area contributed by atoms with Crippen LogP contribution in [0.4, 0.5) is 5.82 Å². The standard InChI is InChI=1S/C15H17ClN4O/c16-12-3-1-2-10-8-11(4-5-17)15(19-14(10)12)20-7-6-18-13(21)9-20/h1-3,8H,4-7,9,17H2,(H,18,21). The van der Waals surface area contributed by atoms with Crippen LogP contribution in [-0.2, 0) is 11.2 Å². The Morgan fingerprint density at radius 3 is 3.05 bits per heavy atom. The summed E-state index contributed by atoms with van der Waals surface area (Å²) in [4.78, 5) is 18.3. The second-order valence-corrected chi connectivity index (χ2v) is 5.50. The van der Waals surface area contributed by atoms with Gasteiger partial charge in [0.05, 0.1) is 17.1 Å². The van der Waals surface area contributed by atoms with Crippen molar-refractivity contribution in [3.63, 3.8) is 0 Å². The Hall–Kier alpha value is -1.85. The summed E-state index contributed by atoms with van der Waals surface area (Å²) < 4.78 is 0. The highest BCUT2D eigenvalue weighted by atomic mass is 35.5. The zero-order valence-electron chi connectivity index (χ0n) is 11.6. The number of nitrogens with one attached hydrogen (secondary N) is 1. The van der Waals surface area contributed by atoms with Crippen LogP contribution in [0.5, 0.6) is 0 Å². The number of hydrogen-bond donors (Lipinski definition) is 2. The molecular weight excluding hydrogens is 288 g/mol. The minimum atomic E-state index is 0.0148. The Balaban J connectivity index is 2.11. The molecule has 1 aromatic carbocycles. The molecule has 3 N–H and O–H groups in total. The molecule has 1 fully saturated rings. The van der Waals surface area contributed by atoms with Gasteiger partial charge in [-0.1, -0.05) is 23.7 Å². The molecule has 1 aromatic heterocycles. The molecule has 1 aliphatic rings. The number of carbonyl (C=O) groups excluding carboxylic acids is 1. The number of piperazine rings is 1. The van der Waals surface area contributed by atoms with Gasteiger partial charge in [-0.2, -0.15) is 0 Å². The van der Waals surface area contributed by atoms with Gasteiger partial charge in [-0.3, -0.25) is 4.79 Å². The minimum Gasteiger partial charge on any atom is -0.353 e. The van der Waals surface area contributed by atoms with Crippen molar-refractivity contribution in [2.45, 2.75) is 6.42 Å². The predicted molar refractivity (Wildman–Crippen MR) is 84.7 cm³/mol. The van der Waals surface area contributed by atoms with Gasteiger partial charge < -0.3 is 16.0 Å². The third-order valence-corrected chi connectivity index (χ3v) is 3.91. The van der Waals surface area contributed by atoms with Gasteiger partial charge in [-0.15, -0.1) is 0 Å². The molecule has 0 unspecified atom stereocenters. The second kappa shape index (κ2) is 5.87. The average molecular weight is 305 g/mol. The number of nitrogens with two attached hydrogens (primary N) is 1. The SMILES string of the molecule is NCCc1cc2cccc(Cl)c2nc1N1CCNC(=O)C1. The van der Waals surface area contributed by atoms with Crippen molar-refractivity contribution >= 4 is 34.2 Å². The van der Waals surface area contributed by atoms with Gasteiger partial charge in [0.2, 0.25) is 5.91 Å². The maximum atomic E-state index is 11.6. The molecule has 110 valence electrons. The first-order chi connectivity index (χ1) is 10.2. The molecule has 0 atom stereocenters. The number of anilines is 1. The summed E-state index contributed by atoms with van der Waals surface area (Å²) in [7, 11) is 0. The van der Waals surface area contributed by atoms with Crippen LogP contribution < -0.4 is 16.0 Å². The van der Waals surface area contributed by atoms with Crippen molar-refractivity contribution < 1.29 is 4.79 Å². The van der Waals surface area contributed by atoms with E-state index in [0.717, 1.165) is 35.2 Å². The van der Waals surface area contributed by atoms with Crippen LogP contribution in [0.2, 0.25) is 5.02 Å². The molecule has 0 spiro atoms. The fourth-order valence-corrected chi connectivity index (χ4v) is 2.85. The first-order valence-corrected chi connectivity index (χ1v) is 7.36. The zero-order valence-corrected chi connectivity index (χ0v) is 12.4. The fourth-order valence-electron chi connectivity index (χ4n) is 2.63. The molecule has 2 aromatic rings. The minimum absolute atomic E-state index is 0.0148. The van der Waals surface area contributed by atoms with E-state index in [1.165, 1.54) is 0 Å². The highest BCUT2D eigenvalue weighted by Crippen LogP contribution is 2.28. The van der Waals surface area contributed by atoms with Crippen molar-refractivity contribution in [3.8, 4) is 0 Å². The lowest BCUT2D eigenvalue weighted by atomic mass is 10.1. The average Bonchev–Trinajstić information content (AvgIpc) is 2.47. The van der Waals surface area contributed by atoms with E-state index in [-0.39, 0.29) is 5.91 Å². The monoisotopic (exact) mass is 304 g/mol. The van der Waals surface area contributed by atoms with Crippen molar-refractivity contribution in [2.75, 3.05) is 31.1 Å². The maximum absolute atomic E-state index is 11.6. The summed E-state index contributed by atoms with van der Waals surface area (Å²) in [6.07, 6.45) is 0.725. The van der Waals surface area contributed by atoms with Crippen LogP contribution in [0.3, 0.4) is 0 Å². The number of rotatable bonds is 3. The normalized spacial score (nSPS) is 15.3. The van der Waals surface area contributed by atoms with E-state index in [2.05, 4.69) is 11.4 Å². The number of pyridine rings is 1. The predicted octanol–water partition coefficient (Wildman–Crippen LogP) is 1.33. The number of benzene rings is 1. The van der Waals surface area contributed by atoms with E-state index >= 15 is 0 Å². The zero-order chi connectivity index (χ0) is 14.8. The van der Waals surface area contributed by atoms with Gasteiger partial charge in [0.1, 0.15) is 5.82 Å². The van der Waals surface area contributed by atoms with Crippen LogP contribution >= 0.6 is 11.6 Å². The van der Waals surface area contributed by atoms with Crippen molar-refractivity contribution in [3.05, 3.63) is 34.9 Å². The molecular formula is C15H17ClN4O. The molecule has 0 aliphatic carbocycles. The number of hydrogen-bond acceptors (Lipinski definition) is 4. The first kappa shape index (κ1) is 14.1. The molecule has 1 amide bonds. The van der Waals surface area contributed by atoms with E-state index < -0.39 is 0 Å². The van der Waals surface area contributed by atoms with E-state index in [9.17, 15) is 4.79 Å². The first-order valence-electron chi connectivity index (χ1n) is 6.99. The van der Waals surface area contributed by atoms with Crippen LogP contribution in [0, 0.1) is 0 Å². The Morgan fingerprint density at radius 1 is 1.43 bits per heavy atom. The van der Waals surface area contributed by atoms with Gasteiger partial charge in [0, 0.05) is 18.5 Å². The fraction of sp³-hybridized carbons (Fsp3) is 0.333. The molecule has 3 rings (SSSR count). The summed E-state index contributed by atoms with van der Waals surface area (Å²) in [5.41, 5.74) is 7.53. The topological polar surface area (TPSA) is 71.2 Å². The van der Waals surface area contributed by atoms with E-state index in [1.54, 1.807) is 0 Å². The quantitative estimate of drug-likeness (QED) is 0.897.